The lowest BCUT2D eigenvalue weighted by Crippen LogP contribution is -2.05. The minimum atomic E-state index is -0.213. The van der Waals surface area contributed by atoms with Crippen LogP contribution in [0.5, 0.6) is 0 Å². The van der Waals surface area contributed by atoms with Gasteiger partial charge < -0.3 is 4.74 Å². The van der Waals surface area contributed by atoms with Crippen LogP contribution in [0.15, 0.2) is 0 Å². The summed E-state index contributed by atoms with van der Waals surface area (Å²) >= 11 is 3.58. The van der Waals surface area contributed by atoms with Gasteiger partial charge in [-0.25, -0.2) is 9.78 Å². The van der Waals surface area contributed by atoms with Gasteiger partial charge in [0.1, 0.15) is 4.88 Å². The maximum absolute atomic E-state index is 11.6. The molecule has 1 fully saturated rings. The Morgan fingerprint density at radius 3 is 3.00 bits per heavy atom. The number of thiazole rings is 1. The van der Waals surface area contributed by atoms with Crippen molar-refractivity contribution in [2.45, 2.75) is 25.7 Å². The number of halogens is 1. The molecule has 0 saturated heterocycles. The summed E-state index contributed by atoms with van der Waals surface area (Å²) in [6.45, 7) is 2.25. The van der Waals surface area contributed by atoms with Crippen molar-refractivity contribution in [2.24, 2.45) is 0 Å². The van der Waals surface area contributed by atoms with Gasteiger partial charge in [0.05, 0.1) is 12.3 Å². The van der Waals surface area contributed by atoms with Gasteiger partial charge in [-0.2, -0.15) is 0 Å². The highest BCUT2D eigenvalue weighted by molar-refractivity contribution is 14.1. The third-order valence-corrected chi connectivity index (χ3v) is 3.79. The Morgan fingerprint density at radius 1 is 1.71 bits per heavy atom. The summed E-state index contributed by atoms with van der Waals surface area (Å²) in [5, 5.41) is 0. The van der Waals surface area contributed by atoms with Crippen LogP contribution < -0.4 is 0 Å². The lowest BCUT2D eigenvalue weighted by Gasteiger charge is -1.99. The van der Waals surface area contributed by atoms with Gasteiger partial charge in [-0.1, -0.05) is 0 Å². The highest BCUT2D eigenvalue weighted by Gasteiger charge is 2.32. The van der Waals surface area contributed by atoms with Crippen LogP contribution in [-0.2, 0) is 4.74 Å². The van der Waals surface area contributed by atoms with Gasteiger partial charge in [0.2, 0.25) is 0 Å². The van der Waals surface area contributed by atoms with Gasteiger partial charge >= 0.3 is 5.97 Å². The number of hydrogen-bond acceptors (Lipinski definition) is 4. The van der Waals surface area contributed by atoms with Crippen molar-refractivity contribution in [3.8, 4) is 0 Å². The molecule has 0 unspecified atom stereocenters. The largest absolute Gasteiger partial charge is 0.462 e. The summed E-state index contributed by atoms with van der Waals surface area (Å²) in [7, 11) is 0. The monoisotopic (exact) mass is 323 g/mol. The summed E-state index contributed by atoms with van der Waals surface area (Å²) in [4.78, 5) is 16.6. The summed E-state index contributed by atoms with van der Waals surface area (Å²) < 4.78 is 5.91. The summed E-state index contributed by atoms with van der Waals surface area (Å²) in [5.74, 6) is 0.295. The van der Waals surface area contributed by atoms with Gasteiger partial charge in [0, 0.05) is 5.92 Å². The van der Waals surface area contributed by atoms with Crippen LogP contribution in [0.4, 0.5) is 0 Å². The van der Waals surface area contributed by atoms with Crippen molar-refractivity contribution >= 4 is 39.9 Å². The van der Waals surface area contributed by atoms with Gasteiger partial charge in [0.25, 0.3) is 0 Å². The van der Waals surface area contributed by atoms with Crippen molar-refractivity contribution < 1.29 is 9.53 Å². The quantitative estimate of drug-likeness (QED) is 0.634. The van der Waals surface area contributed by atoms with Crippen molar-refractivity contribution in [2.75, 3.05) is 6.61 Å². The first-order valence-electron chi connectivity index (χ1n) is 4.55. The van der Waals surface area contributed by atoms with E-state index in [1.54, 1.807) is 0 Å². The first kappa shape index (κ1) is 10.4. The van der Waals surface area contributed by atoms with Crippen LogP contribution in [-0.4, -0.2) is 17.6 Å². The van der Waals surface area contributed by atoms with Crippen LogP contribution in [0.3, 0.4) is 0 Å². The Bertz CT molecular complexity index is 360. The van der Waals surface area contributed by atoms with Gasteiger partial charge in [-0.15, -0.1) is 11.3 Å². The zero-order valence-corrected chi connectivity index (χ0v) is 10.7. The standard InChI is InChI=1S/C9H10INO2S/c1-2-13-8(12)7-6(5-3-4-5)11-9(10)14-7/h5H,2-4H2,1H3. The van der Waals surface area contributed by atoms with Crippen LogP contribution in [0.25, 0.3) is 0 Å². The first-order chi connectivity index (χ1) is 6.72. The second-order valence-electron chi connectivity index (χ2n) is 3.18. The normalized spacial score (nSPS) is 15.6. The molecule has 0 amide bonds. The molecule has 1 saturated carbocycles. The number of esters is 1. The molecule has 0 aliphatic heterocycles. The zero-order chi connectivity index (χ0) is 10.1. The van der Waals surface area contributed by atoms with Crippen molar-refractivity contribution in [3.63, 3.8) is 0 Å². The Morgan fingerprint density at radius 2 is 2.43 bits per heavy atom. The molecule has 3 nitrogen and oxygen atoms in total. The smallest absolute Gasteiger partial charge is 0.350 e. The van der Waals surface area contributed by atoms with Gasteiger partial charge in [-0.05, 0) is 42.4 Å². The molecule has 14 heavy (non-hydrogen) atoms. The molecule has 0 aromatic carbocycles. The van der Waals surface area contributed by atoms with E-state index in [9.17, 15) is 4.79 Å². The van der Waals surface area contributed by atoms with Gasteiger partial charge in [-0.3, -0.25) is 0 Å². The number of carbonyl (C=O) groups is 1. The molecule has 1 aromatic heterocycles. The maximum Gasteiger partial charge on any atom is 0.350 e. The Kier molecular flexibility index (Phi) is 3.06. The predicted octanol–water partition coefficient (Wildman–Crippen LogP) is 2.80. The van der Waals surface area contributed by atoms with Crippen LogP contribution in [0.2, 0.25) is 0 Å². The molecule has 0 spiro atoms. The molecule has 5 heteroatoms. The fourth-order valence-corrected chi connectivity index (χ4v) is 2.97. The molecule has 0 radical (unpaired) electrons. The molecule has 0 bridgehead atoms. The molecule has 0 N–H and O–H groups in total. The molecule has 1 aromatic rings. The molecule has 0 atom stereocenters. The van der Waals surface area contributed by atoms with Crippen LogP contribution in [0.1, 0.15) is 41.0 Å². The predicted molar refractivity (Wildman–Crippen MR) is 62.8 cm³/mol. The number of aromatic nitrogens is 1. The SMILES string of the molecule is CCOC(=O)c1sc(I)nc1C1CC1. The minimum absolute atomic E-state index is 0.213. The lowest BCUT2D eigenvalue weighted by molar-refractivity contribution is 0.0530. The highest BCUT2D eigenvalue weighted by Crippen LogP contribution is 2.42. The molecular formula is C9H10INO2S. The van der Waals surface area contributed by atoms with E-state index in [2.05, 4.69) is 27.6 Å². The van der Waals surface area contributed by atoms with Crippen LogP contribution in [0, 0.1) is 3.01 Å². The second kappa shape index (κ2) is 4.14. The topological polar surface area (TPSA) is 39.2 Å². The van der Waals surface area contributed by atoms with E-state index in [1.165, 1.54) is 11.3 Å². The average Bonchev–Trinajstić information content (AvgIpc) is 2.90. The summed E-state index contributed by atoms with van der Waals surface area (Å²) in [6, 6.07) is 0. The molecule has 76 valence electrons. The van der Waals surface area contributed by atoms with Crippen LogP contribution >= 0.6 is 33.9 Å². The van der Waals surface area contributed by atoms with E-state index in [4.69, 9.17) is 4.74 Å². The van der Waals surface area contributed by atoms with E-state index in [1.807, 2.05) is 6.92 Å². The van der Waals surface area contributed by atoms with E-state index in [0.717, 1.165) is 21.5 Å². The fraction of sp³-hybridized carbons (Fsp3) is 0.556. The van der Waals surface area contributed by atoms with Crippen molar-refractivity contribution in [1.82, 2.24) is 4.98 Å². The number of hydrogen-bond donors (Lipinski definition) is 0. The lowest BCUT2D eigenvalue weighted by atomic mass is 10.2. The fourth-order valence-electron chi connectivity index (χ4n) is 1.28. The van der Waals surface area contributed by atoms with E-state index < -0.39 is 0 Å². The number of nitrogens with zero attached hydrogens (tertiary/aromatic N) is 1. The molecule has 2 rings (SSSR count). The summed E-state index contributed by atoms with van der Waals surface area (Å²) in [5.41, 5.74) is 0.956. The van der Waals surface area contributed by atoms with E-state index in [0.29, 0.717) is 17.4 Å². The third-order valence-electron chi connectivity index (χ3n) is 2.05. The maximum atomic E-state index is 11.6. The average molecular weight is 323 g/mol. The number of rotatable bonds is 3. The zero-order valence-electron chi connectivity index (χ0n) is 7.75. The Balaban J connectivity index is 2.26. The number of carbonyl (C=O) groups excluding carboxylic acids is 1. The highest BCUT2D eigenvalue weighted by atomic mass is 127. The molecule has 1 heterocycles. The summed E-state index contributed by atoms with van der Waals surface area (Å²) in [6.07, 6.45) is 2.32. The second-order valence-corrected chi connectivity index (χ2v) is 5.93. The molecule has 1 aliphatic carbocycles. The molecule has 1 aliphatic rings. The Hall–Kier alpha value is -0.170. The minimum Gasteiger partial charge on any atom is -0.462 e. The van der Waals surface area contributed by atoms with Crippen molar-refractivity contribution in [3.05, 3.63) is 13.6 Å². The first-order valence-corrected chi connectivity index (χ1v) is 6.45. The number of ether oxygens (including phenoxy) is 1. The third kappa shape index (κ3) is 2.08. The Labute approximate surface area is 100 Å². The molecular weight excluding hydrogens is 313 g/mol. The van der Waals surface area contributed by atoms with E-state index >= 15 is 0 Å². The van der Waals surface area contributed by atoms with Gasteiger partial charge in [0.15, 0.2) is 3.01 Å². The van der Waals surface area contributed by atoms with E-state index in [-0.39, 0.29) is 5.97 Å². The van der Waals surface area contributed by atoms with Crippen molar-refractivity contribution in [1.29, 1.82) is 0 Å².